The first-order valence-corrected chi connectivity index (χ1v) is 13.9. The third kappa shape index (κ3) is 6.05. The fourth-order valence-electron chi connectivity index (χ4n) is 4.92. The first kappa shape index (κ1) is 25.5. The van der Waals surface area contributed by atoms with Crippen LogP contribution in [0.5, 0.6) is 0 Å². The number of nitrogens with zero attached hydrogens (tertiary/aromatic N) is 1. The molecule has 5 rings (SSSR count). The van der Waals surface area contributed by atoms with Gasteiger partial charge in [-0.3, -0.25) is 0 Å². The zero-order chi connectivity index (χ0) is 26.0. The predicted octanol–water partition coefficient (Wildman–Crippen LogP) is 6.47. The lowest BCUT2D eigenvalue weighted by Crippen LogP contribution is -2.19. The minimum atomic E-state index is -4.42. The predicted molar refractivity (Wildman–Crippen MR) is 137 cm³/mol. The number of halogens is 3. The Morgan fingerprint density at radius 1 is 0.919 bits per heavy atom. The normalized spacial score (nSPS) is 19.4. The second-order valence-electron chi connectivity index (χ2n) is 9.63. The fourth-order valence-corrected chi connectivity index (χ4v) is 6.25. The molecule has 1 saturated carbocycles. The Balaban J connectivity index is 1.23. The highest BCUT2D eigenvalue weighted by molar-refractivity contribution is 7.94. The standard InChI is InChI=1S/C28H28F3N3O2S/c29-28(30,31)24-9-13-27(33-17-24)34-25-3-1-2-19(4-10-25)18-37(35,36)26-11-7-20(8-12-26)21-5-6-22-15-32-16-23(22)14-21/h5-9,11-14,17-18,25,32H,1-4,10,15-16H2,(H,33,34)/b19-18-. The molecule has 1 fully saturated rings. The number of pyridine rings is 1. The van der Waals surface area contributed by atoms with Crippen LogP contribution in [0.15, 0.2) is 76.7 Å². The molecule has 2 N–H and O–H groups in total. The Morgan fingerprint density at radius 3 is 2.41 bits per heavy atom. The van der Waals surface area contributed by atoms with E-state index >= 15 is 0 Å². The molecule has 0 radical (unpaired) electrons. The summed E-state index contributed by atoms with van der Waals surface area (Å²) in [5.74, 6) is 0.387. The molecular formula is C28H28F3N3O2S. The largest absolute Gasteiger partial charge is 0.417 e. The Hall–Kier alpha value is -3.17. The molecule has 2 heterocycles. The molecule has 2 aromatic carbocycles. The summed E-state index contributed by atoms with van der Waals surface area (Å²) in [6, 6.07) is 15.7. The second kappa shape index (κ2) is 10.3. The van der Waals surface area contributed by atoms with Crippen molar-refractivity contribution in [3.63, 3.8) is 0 Å². The van der Waals surface area contributed by atoms with Crippen LogP contribution in [0.4, 0.5) is 19.0 Å². The molecule has 194 valence electrons. The van der Waals surface area contributed by atoms with Crippen molar-refractivity contribution in [2.24, 2.45) is 0 Å². The zero-order valence-corrected chi connectivity index (χ0v) is 21.0. The van der Waals surface area contributed by atoms with Crippen molar-refractivity contribution in [3.8, 4) is 11.1 Å². The number of sulfone groups is 1. The molecular weight excluding hydrogens is 499 g/mol. The van der Waals surface area contributed by atoms with E-state index in [-0.39, 0.29) is 10.9 Å². The summed E-state index contributed by atoms with van der Waals surface area (Å²) in [6.07, 6.45) is -0.0900. The minimum absolute atomic E-state index is 0.0136. The molecule has 1 aliphatic heterocycles. The third-order valence-electron chi connectivity index (χ3n) is 6.98. The van der Waals surface area contributed by atoms with Gasteiger partial charge in [0.05, 0.1) is 10.5 Å². The summed E-state index contributed by atoms with van der Waals surface area (Å²) < 4.78 is 64.5. The van der Waals surface area contributed by atoms with E-state index in [9.17, 15) is 21.6 Å². The van der Waals surface area contributed by atoms with Gasteiger partial charge in [0, 0.05) is 30.7 Å². The average molecular weight is 528 g/mol. The lowest BCUT2D eigenvalue weighted by Gasteiger charge is -2.17. The second-order valence-corrected chi connectivity index (χ2v) is 11.4. The Kier molecular flexibility index (Phi) is 7.09. The van der Waals surface area contributed by atoms with Gasteiger partial charge in [-0.05, 0) is 84.7 Å². The SMILES string of the molecule is O=S(=O)(/C=C1/CCCC(Nc2ccc(C(F)(F)F)cn2)CC1)c1ccc(-c2ccc3c(c2)CNC3)cc1. The van der Waals surface area contributed by atoms with Crippen molar-refractivity contribution in [1.82, 2.24) is 10.3 Å². The van der Waals surface area contributed by atoms with Crippen molar-refractivity contribution in [2.75, 3.05) is 5.32 Å². The number of hydrogen-bond acceptors (Lipinski definition) is 5. The van der Waals surface area contributed by atoms with Crippen LogP contribution in [0.25, 0.3) is 11.1 Å². The Labute approximate surface area is 214 Å². The quantitative estimate of drug-likeness (QED) is 0.372. The van der Waals surface area contributed by atoms with E-state index < -0.39 is 21.6 Å². The van der Waals surface area contributed by atoms with Gasteiger partial charge in [-0.15, -0.1) is 0 Å². The van der Waals surface area contributed by atoms with Gasteiger partial charge in [0.25, 0.3) is 0 Å². The number of fused-ring (bicyclic) bond motifs is 1. The summed E-state index contributed by atoms with van der Waals surface area (Å²) in [6.45, 7) is 1.73. The number of anilines is 1. The van der Waals surface area contributed by atoms with E-state index in [1.54, 1.807) is 12.1 Å². The molecule has 1 aromatic heterocycles. The van der Waals surface area contributed by atoms with E-state index in [1.165, 1.54) is 22.6 Å². The van der Waals surface area contributed by atoms with Crippen molar-refractivity contribution in [3.05, 3.63) is 88.5 Å². The Morgan fingerprint density at radius 2 is 1.68 bits per heavy atom. The van der Waals surface area contributed by atoms with Gasteiger partial charge in [0.15, 0.2) is 9.84 Å². The van der Waals surface area contributed by atoms with Crippen molar-refractivity contribution in [2.45, 2.75) is 62.3 Å². The highest BCUT2D eigenvalue weighted by atomic mass is 32.2. The van der Waals surface area contributed by atoms with E-state index in [1.807, 2.05) is 12.1 Å². The third-order valence-corrected chi connectivity index (χ3v) is 8.56. The van der Waals surface area contributed by atoms with Gasteiger partial charge in [0.1, 0.15) is 5.82 Å². The van der Waals surface area contributed by atoms with Crippen LogP contribution in [0.3, 0.4) is 0 Å². The molecule has 1 unspecified atom stereocenters. The molecule has 1 aliphatic carbocycles. The lowest BCUT2D eigenvalue weighted by molar-refractivity contribution is -0.137. The van der Waals surface area contributed by atoms with Crippen LogP contribution in [-0.4, -0.2) is 19.4 Å². The molecule has 1 atom stereocenters. The van der Waals surface area contributed by atoms with Crippen LogP contribution in [-0.2, 0) is 29.1 Å². The van der Waals surface area contributed by atoms with Gasteiger partial charge < -0.3 is 10.6 Å². The van der Waals surface area contributed by atoms with Gasteiger partial charge in [-0.2, -0.15) is 13.2 Å². The molecule has 0 spiro atoms. The monoisotopic (exact) mass is 527 g/mol. The molecule has 0 amide bonds. The molecule has 2 aliphatic rings. The molecule has 0 saturated heterocycles. The minimum Gasteiger partial charge on any atom is -0.367 e. The number of hydrogen-bond donors (Lipinski definition) is 2. The maximum Gasteiger partial charge on any atom is 0.417 e. The van der Waals surface area contributed by atoms with Crippen LogP contribution in [0, 0.1) is 0 Å². The van der Waals surface area contributed by atoms with Gasteiger partial charge in [-0.1, -0.05) is 29.8 Å². The van der Waals surface area contributed by atoms with Crippen LogP contribution in [0.2, 0.25) is 0 Å². The van der Waals surface area contributed by atoms with E-state index in [2.05, 4.69) is 33.8 Å². The van der Waals surface area contributed by atoms with Crippen molar-refractivity contribution >= 4 is 15.7 Å². The average Bonchev–Trinajstić information content (AvgIpc) is 3.24. The maximum atomic E-state index is 13.1. The number of aromatic nitrogens is 1. The number of allylic oxidation sites excluding steroid dienone is 1. The van der Waals surface area contributed by atoms with Crippen molar-refractivity contribution < 1.29 is 21.6 Å². The number of nitrogens with one attached hydrogen (secondary N) is 2. The summed E-state index contributed by atoms with van der Waals surface area (Å²) in [5.41, 5.74) is 4.68. The van der Waals surface area contributed by atoms with Gasteiger partial charge in [-0.25, -0.2) is 13.4 Å². The Bertz CT molecular complexity index is 1400. The smallest absolute Gasteiger partial charge is 0.367 e. The molecule has 9 heteroatoms. The van der Waals surface area contributed by atoms with Crippen LogP contribution in [0.1, 0.15) is 48.8 Å². The summed E-state index contributed by atoms with van der Waals surface area (Å²) in [4.78, 5) is 4.15. The fraction of sp³-hybridized carbons (Fsp3) is 0.321. The summed E-state index contributed by atoms with van der Waals surface area (Å²) in [7, 11) is -3.59. The van der Waals surface area contributed by atoms with Gasteiger partial charge >= 0.3 is 6.18 Å². The number of benzene rings is 2. The van der Waals surface area contributed by atoms with E-state index in [0.717, 1.165) is 54.9 Å². The van der Waals surface area contributed by atoms with E-state index in [0.29, 0.717) is 25.1 Å². The number of rotatable bonds is 5. The van der Waals surface area contributed by atoms with Gasteiger partial charge in [0.2, 0.25) is 0 Å². The van der Waals surface area contributed by atoms with Crippen molar-refractivity contribution in [1.29, 1.82) is 0 Å². The van der Waals surface area contributed by atoms with E-state index in [4.69, 9.17) is 0 Å². The zero-order valence-electron chi connectivity index (χ0n) is 20.2. The van der Waals surface area contributed by atoms with Crippen LogP contribution >= 0.6 is 0 Å². The first-order valence-electron chi connectivity index (χ1n) is 12.3. The topological polar surface area (TPSA) is 71.1 Å². The molecule has 0 bridgehead atoms. The molecule has 5 nitrogen and oxygen atoms in total. The first-order chi connectivity index (χ1) is 17.7. The molecule has 37 heavy (non-hydrogen) atoms. The summed E-state index contributed by atoms with van der Waals surface area (Å²) in [5, 5.41) is 7.91. The maximum absolute atomic E-state index is 13.1. The lowest BCUT2D eigenvalue weighted by atomic mass is 10.0. The summed E-state index contributed by atoms with van der Waals surface area (Å²) >= 11 is 0. The highest BCUT2D eigenvalue weighted by Gasteiger charge is 2.30. The van der Waals surface area contributed by atoms with Crippen LogP contribution < -0.4 is 10.6 Å². The highest BCUT2D eigenvalue weighted by Crippen LogP contribution is 2.31. The molecule has 3 aromatic rings. The number of alkyl halides is 3.